The van der Waals surface area contributed by atoms with E-state index in [0.717, 1.165) is 18.4 Å². The monoisotopic (exact) mass is 374 g/mol. The lowest BCUT2D eigenvalue weighted by molar-refractivity contribution is 0.102. The molecule has 2 aromatic rings. The summed E-state index contributed by atoms with van der Waals surface area (Å²) < 4.78 is 26.9. The van der Waals surface area contributed by atoms with Gasteiger partial charge in [-0.1, -0.05) is 38.0 Å². The normalized spacial score (nSPS) is 11.5. The third-order valence-corrected chi connectivity index (χ3v) is 6.17. The summed E-state index contributed by atoms with van der Waals surface area (Å²) in [5.74, 6) is -0.267. The molecule has 26 heavy (non-hydrogen) atoms. The lowest BCUT2D eigenvalue weighted by Gasteiger charge is -2.20. The number of hydrogen-bond donors (Lipinski definition) is 1. The Labute approximate surface area is 156 Å². The molecule has 1 amide bonds. The van der Waals surface area contributed by atoms with Gasteiger partial charge in [0.15, 0.2) is 0 Å². The smallest absolute Gasteiger partial charge is 0.255 e. The number of hydrogen-bond acceptors (Lipinski definition) is 3. The van der Waals surface area contributed by atoms with Crippen LogP contribution in [0, 0.1) is 6.92 Å². The van der Waals surface area contributed by atoms with Gasteiger partial charge in [0.1, 0.15) is 0 Å². The van der Waals surface area contributed by atoms with Crippen LogP contribution in [0.15, 0.2) is 53.4 Å². The molecule has 0 aliphatic rings. The van der Waals surface area contributed by atoms with Gasteiger partial charge in [-0.3, -0.25) is 4.79 Å². The van der Waals surface area contributed by atoms with Gasteiger partial charge in [-0.25, -0.2) is 8.42 Å². The second-order valence-corrected chi connectivity index (χ2v) is 8.13. The van der Waals surface area contributed by atoms with E-state index in [9.17, 15) is 13.2 Å². The van der Waals surface area contributed by atoms with Crippen LogP contribution in [0.3, 0.4) is 0 Å². The van der Waals surface area contributed by atoms with Crippen LogP contribution in [-0.2, 0) is 10.0 Å². The molecule has 0 unspecified atom stereocenters. The Balaban J connectivity index is 2.13. The maximum Gasteiger partial charge on any atom is 0.255 e. The highest BCUT2D eigenvalue weighted by Gasteiger charge is 2.22. The molecule has 0 aliphatic heterocycles. The Morgan fingerprint density at radius 1 is 1.00 bits per heavy atom. The van der Waals surface area contributed by atoms with Crippen molar-refractivity contribution in [1.82, 2.24) is 4.31 Å². The van der Waals surface area contributed by atoms with Crippen LogP contribution in [-0.4, -0.2) is 31.7 Å². The molecule has 0 heterocycles. The van der Waals surface area contributed by atoms with E-state index in [2.05, 4.69) is 5.32 Å². The number of rotatable bonds is 8. The largest absolute Gasteiger partial charge is 0.322 e. The zero-order valence-corrected chi connectivity index (χ0v) is 16.3. The van der Waals surface area contributed by atoms with Crippen LogP contribution in [0.4, 0.5) is 5.69 Å². The molecule has 5 nitrogen and oxygen atoms in total. The number of benzene rings is 2. The van der Waals surface area contributed by atoms with E-state index in [4.69, 9.17) is 0 Å². The summed E-state index contributed by atoms with van der Waals surface area (Å²) >= 11 is 0. The third kappa shape index (κ3) is 4.93. The molecule has 0 saturated carbocycles. The van der Waals surface area contributed by atoms with Gasteiger partial charge in [0, 0.05) is 24.3 Å². The zero-order valence-electron chi connectivity index (χ0n) is 15.5. The molecule has 0 bridgehead atoms. The van der Waals surface area contributed by atoms with Crippen molar-refractivity contribution in [2.75, 3.05) is 18.4 Å². The fraction of sp³-hybridized carbons (Fsp3) is 0.350. The van der Waals surface area contributed by atoms with Crippen molar-refractivity contribution in [2.45, 2.75) is 38.5 Å². The molecule has 0 spiro atoms. The predicted molar refractivity (Wildman–Crippen MR) is 105 cm³/mol. The van der Waals surface area contributed by atoms with Gasteiger partial charge < -0.3 is 5.32 Å². The molecule has 1 N–H and O–H groups in total. The first kappa shape index (κ1) is 20.1. The van der Waals surface area contributed by atoms with Crippen LogP contribution >= 0.6 is 0 Å². The van der Waals surface area contributed by atoms with E-state index in [0.29, 0.717) is 24.3 Å². The van der Waals surface area contributed by atoms with Crippen molar-refractivity contribution in [1.29, 1.82) is 0 Å². The van der Waals surface area contributed by atoms with Crippen molar-refractivity contribution in [3.05, 3.63) is 59.7 Å². The minimum Gasteiger partial charge on any atom is -0.322 e. The highest BCUT2D eigenvalue weighted by Crippen LogP contribution is 2.18. The van der Waals surface area contributed by atoms with Crippen molar-refractivity contribution >= 4 is 21.6 Å². The van der Waals surface area contributed by atoms with Gasteiger partial charge in [0.2, 0.25) is 10.0 Å². The highest BCUT2D eigenvalue weighted by molar-refractivity contribution is 7.89. The standard InChI is InChI=1S/C20H26N2O3S/c1-4-6-15-22(5-2)26(24,25)19-13-9-17(10-14-19)20(23)21-18-11-7-16(3)8-12-18/h7-14H,4-6,15H2,1-3H3,(H,21,23). The van der Waals surface area contributed by atoms with Crippen molar-refractivity contribution < 1.29 is 13.2 Å². The van der Waals surface area contributed by atoms with E-state index in [1.165, 1.54) is 16.4 Å². The zero-order chi connectivity index (χ0) is 19.2. The van der Waals surface area contributed by atoms with Crippen LogP contribution < -0.4 is 5.32 Å². The maximum absolute atomic E-state index is 12.7. The lowest BCUT2D eigenvalue weighted by Crippen LogP contribution is -2.31. The van der Waals surface area contributed by atoms with E-state index in [1.807, 2.05) is 45.0 Å². The Morgan fingerprint density at radius 2 is 1.62 bits per heavy atom. The summed E-state index contributed by atoms with van der Waals surface area (Å²) in [6.07, 6.45) is 1.76. The van der Waals surface area contributed by atoms with Gasteiger partial charge >= 0.3 is 0 Å². The fourth-order valence-electron chi connectivity index (χ4n) is 2.55. The van der Waals surface area contributed by atoms with Crippen molar-refractivity contribution in [2.24, 2.45) is 0 Å². The average molecular weight is 375 g/mol. The second kappa shape index (κ2) is 8.96. The van der Waals surface area contributed by atoms with Gasteiger partial charge in [0.25, 0.3) is 5.91 Å². The van der Waals surface area contributed by atoms with Gasteiger partial charge in [-0.05, 0) is 49.7 Å². The summed E-state index contributed by atoms with van der Waals surface area (Å²) in [4.78, 5) is 12.5. The molecule has 0 fully saturated rings. The van der Waals surface area contributed by atoms with Crippen LogP contribution in [0.5, 0.6) is 0 Å². The maximum atomic E-state index is 12.7. The Kier molecular flexibility index (Phi) is 6.94. The number of nitrogens with zero attached hydrogens (tertiary/aromatic N) is 1. The molecule has 6 heteroatoms. The molecule has 140 valence electrons. The Morgan fingerprint density at radius 3 is 2.15 bits per heavy atom. The van der Waals surface area contributed by atoms with E-state index < -0.39 is 10.0 Å². The number of amides is 1. The fourth-order valence-corrected chi connectivity index (χ4v) is 4.04. The minimum absolute atomic E-state index is 0.210. The van der Waals surface area contributed by atoms with E-state index in [1.54, 1.807) is 12.1 Å². The van der Waals surface area contributed by atoms with E-state index >= 15 is 0 Å². The molecule has 2 aromatic carbocycles. The average Bonchev–Trinajstić information content (AvgIpc) is 2.64. The first-order chi connectivity index (χ1) is 12.4. The number of nitrogens with one attached hydrogen (secondary N) is 1. The predicted octanol–water partition coefficient (Wildman–Crippen LogP) is 4.06. The first-order valence-corrected chi connectivity index (χ1v) is 10.3. The molecular weight excluding hydrogens is 348 g/mol. The quantitative estimate of drug-likeness (QED) is 0.758. The van der Waals surface area contributed by atoms with Crippen LogP contribution in [0.25, 0.3) is 0 Å². The SMILES string of the molecule is CCCCN(CC)S(=O)(=O)c1ccc(C(=O)Nc2ccc(C)cc2)cc1. The summed E-state index contributed by atoms with van der Waals surface area (Å²) in [6, 6.07) is 13.6. The highest BCUT2D eigenvalue weighted by atomic mass is 32.2. The van der Waals surface area contributed by atoms with Crippen molar-refractivity contribution in [3.63, 3.8) is 0 Å². The number of unbranched alkanes of at least 4 members (excludes halogenated alkanes) is 1. The summed E-state index contributed by atoms with van der Waals surface area (Å²) in [5, 5.41) is 2.81. The molecule has 0 radical (unpaired) electrons. The molecule has 0 saturated heterocycles. The van der Waals surface area contributed by atoms with Crippen LogP contribution in [0.2, 0.25) is 0 Å². The third-order valence-electron chi connectivity index (χ3n) is 4.18. The lowest BCUT2D eigenvalue weighted by atomic mass is 10.2. The Bertz CT molecular complexity index is 828. The van der Waals surface area contributed by atoms with E-state index in [-0.39, 0.29) is 10.8 Å². The summed E-state index contributed by atoms with van der Waals surface area (Å²) in [7, 11) is -3.53. The number of carbonyl (C=O) groups is 1. The molecule has 2 rings (SSSR count). The molecular formula is C20H26N2O3S. The minimum atomic E-state index is -3.53. The number of anilines is 1. The van der Waals surface area contributed by atoms with Crippen molar-refractivity contribution in [3.8, 4) is 0 Å². The topological polar surface area (TPSA) is 66.5 Å². The molecule has 0 atom stereocenters. The number of sulfonamides is 1. The summed E-state index contributed by atoms with van der Waals surface area (Å²) in [6.45, 7) is 6.77. The molecule has 0 aliphatic carbocycles. The number of aryl methyl sites for hydroxylation is 1. The van der Waals surface area contributed by atoms with Gasteiger partial charge in [-0.15, -0.1) is 0 Å². The summed E-state index contributed by atoms with van der Waals surface area (Å²) in [5.41, 5.74) is 2.23. The van der Waals surface area contributed by atoms with Crippen LogP contribution in [0.1, 0.15) is 42.6 Å². The second-order valence-electron chi connectivity index (χ2n) is 6.19. The van der Waals surface area contributed by atoms with Gasteiger partial charge in [0.05, 0.1) is 4.90 Å². The number of carbonyl (C=O) groups excluding carboxylic acids is 1. The Hall–Kier alpha value is -2.18. The molecule has 0 aromatic heterocycles. The first-order valence-electron chi connectivity index (χ1n) is 8.86. The van der Waals surface area contributed by atoms with Gasteiger partial charge in [-0.2, -0.15) is 4.31 Å².